The average molecular weight is 279 g/mol. The fourth-order valence-electron chi connectivity index (χ4n) is 1.76. The van der Waals surface area contributed by atoms with Gasteiger partial charge in [0, 0.05) is 25.6 Å². The van der Waals surface area contributed by atoms with E-state index in [1.165, 1.54) is 14.0 Å². The highest BCUT2D eigenvalue weighted by molar-refractivity contribution is 6.00. The third-order valence-corrected chi connectivity index (χ3v) is 2.86. The maximum Gasteiger partial charge on any atom is 0.216 e. The molecule has 1 atom stereocenters. The second kappa shape index (κ2) is 7.49. The maximum absolute atomic E-state index is 12.2. The maximum atomic E-state index is 12.2. The molecule has 0 aliphatic carbocycles. The number of carbonyl (C=O) groups excluding carboxylic acids is 2. The topological polar surface area (TPSA) is 93.5 Å². The van der Waals surface area contributed by atoms with Gasteiger partial charge in [-0.25, -0.2) is 0 Å². The van der Waals surface area contributed by atoms with E-state index in [9.17, 15) is 9.59 Å². The molecule has 0 aliphatic rings. The molecule has 6 heteroatoms. The van der Waals surface area contributed by atoms with Gasteiger partial charge >= 0.3 is 0 Å². The number of nitrogens with one attached hydrogen (secondary N) is 2. The lowest BCUT2D eigenvalue weighted by Gasteiger charge is -2.14. The Morgan fingerprint density at radius 3 is 2.60 bits per heavy atom. The van der Waals surface area contributed by atoms with Crippen molar-refractivity contribution in [3.8, 4) is 5.75 Å². The number of anilines is 1. The van der Waals surface area contributed by atoms with E-state index in [-0.39, 0.29) is 17.7 Å². The lowest BCUT2D eigenvalue weighted by Crippen LogP contribution is -2.39. The summed E-state index contributed by atoms with van der Waals surface area (Å²) in [4.78, 5) is 22.9. The van der Waals surface area contributed by atoms with Gasteiger partial charge in [0.15, 0.2) is 5.78 Å². The number of nitrogens with two attached hydrogens (primary N) is 1. The van der Waals surface area contributed by atoms with E-state index in [1.54, 1.807) is 25.1 Å². The summed E-state index contributed by atoms with van der Waals surface area (Å²) in [6.07, 6.45) is 0. The van der Waals surface area contributed by atoms with Crippen LogP contribution in [-0.2, 0) is 4.79 Å². The molecular weight excluding hydrogens is 258 g/mol. The molecule has 0 saturated heterocycles. The molecule has 1 rings (SSSR count). The number of amides is 1. The summed E-state index contributed by atoms with van der Waals surface area (Å²) in [6.45, 7) is 4.24. The van der Waals surface area contributed by atoms with Gasteiger partial charge in [-0.05, 0) is 25.1 Å². The minimum atomic E-state index is -0.350. The number of methoxy groups -OCH3 is 1. The van der Waals surface area contributed by atoms with E-state index in [0.29, 0.717) is 30.1 Å². The van der Waals surface area contributed by atoms with Gasteiger partial charge in [0.25, 0.3) is 0 Å². The summed E-state index contributed by atoms with van der Waals surface area (Å²) in [6, 6.07) is 4.61. The standard InChI is InChI=1S/C14H21N3O3/c1-9(16-6-7-17-10(2)18)14(19)11-4-5-13(20-3)12(15)8-11/h4-5,8-9,16H,6-7,15H2,1-3H3,(H,17,18). The Labute approximate surface area is 118 Å². The third-order valence-electron chi connectivity index (χ3n) is 2.86. The normalized spacial score (nSPS) is 11.8. The summed E-state index contributed by atoms with van der Waals surface area (Å²) in [5, 5.41) is 5.70. The minimum absolute atomic E-state index is 0.0535. The van der Waals surface area contributed by atoms with Crippen molar-refractivity contribution >= 4 is 17.4 Å². The first-order valence-corrected chi connectivity index (χ1v) is 6.41. The first-order chi connectivity index (χ1) is 9.45. The molecule has 0 fully saturated rings. The van der Waals surface area contributed by atoms with Gasteiger partial charge in [0.1, 0.15) is 5.75 Å². The second-order valence-corrected chi connectivity index (χ2v) is 4.48. The van der Waals surface area contributed by atoms with E-state index < -0.39 is 0 Å². The first kappa shape index (κ1) is 16.0. The smallest absolute Gasteiger partial charge is 0.216 e. The number of ether oxygens (including phenoxy) is 1. The molecule has 20 heavy (non-hydrogen) atoms. The van der Waals surface area contributed by atoms with Crippen molar-refractivity contribution in [3.63, 3.8) is 0 Å². The monoisotopic (exact) mass is 279 g/mol. The van der Waals surface area contributed by atoms with Gasteiger partial charge in [-0.1, -0.05) is 0 Å². The van der Waals surface area contributed by atoms with Crippen molar-refractivity contribution in [1.29, 1.82) is 0 Å². The average Bonchev–Trinajstić information content (AvgIpc) is 2.42. The van der Waals surface area contributed by atoms with E-state index in [0.717, 1.165) is 0 Å². The Balaban J connectivity index is 2.56. The molecule has 0 saturated carbocycles. The Kier molecular flexibility index (Phi) is 5.99. The predicted molar refractivity (Wildman–Crippen MR) is 77.9 cm³/mol. The molecule has 110 valence electrons. The van der Waals surface area contributed by atoms with E-state index >= 15 is 0 Å². The van der Waals surface area contributed by atoms with Gasteiger partial charge in [-0.2, -0.15) is 0 Å². The molecule has 1 aromatic rings. The number of rotatable bonds is 7. The van der Waals surface area contributed by atoms with Crippen molar-refractivity contribution in [1.82, 2.24) is 10.6 Å². The Morgan fingerprint density at radius 2 is 2.05 bits per heavy atom. The quantitative estimate of drug-likeness (QED) is 0.385. The fourth-order valence-corrected chi connectivity index (χ4v) is 1.76. The van der Waals surface area contributed by atoms with Crippen LogP contribution in [0.15, 0.2) is 18.2 Å². The molecular formula is C14H21N3O3. The van der Waals surface area contributed by atoms with Crippen LogP contribution in [0.5, 0.6) is 5.75 Å². The van der Waals surface area contributed by atoms with Crippen LogP contribution in [0, 0.1) is 0 Å². The molecule has 1 amide bonds. The van der Waals surface area contributed by atoms with E-state index in [4.69, 9.17) is 10.5 Å². The lowest BCUT2D eigenvalue weighted by atomic mass is 10.0. The summed E-state index contributed by atoms with van der Waals surface area (Å²) >= 11 is 0. The highest BCUT2D eigenvalue weighted by Gasteiger charge is 2.15. The molecule has 0 aromatic heterocycles. The predicted octanol–water partition coefficient (Wildman–Crippen LogP) is 0.574. The number of ketones is 1. The van der Waals surface area contributed by atoms with Crippen LogP contribution in [0.1, 0.15) is 24.2 Å². The SMILES string of the molecule is COc1ccc(C(=O)C(C)NCCNC(C)=O)cc1N. The molecule has 0 radical (unpaired) electrons. The van der Waals surface area contributed by atoms with Crippen LogP contribution in [0.2, 0.25) is 0 Å². The Hall–Kier alpha value is -2.08. The zero-order valence-electron chi connectivity index (χ0n) is 12.0. The third kappa shape index (κ3) is 4.55. The molecule has 6 nitrogen and oxygen atoms in total. The summed E-state index contributed by atoms with van der Waals surface area (Å²) in [5.41, 5.74) is 6.74. The molecule has 0 bridgehead atoms. The van der Waals surface area contributed by atoms with E-state index in [2.05, 4.69) is 10.6 Å². The van der Waals surface area contributed by atoms with Crippen LogP contribution in [0.4, 0.5) is 5.69 Å². The number of nitrogen functional groups attached to an aromatic ring is 1. The fraction of sp³-hybridized carbons (Fsp3) is 0.429. The largest absolute Gasteiger partial charge is 0.495 e. The number of benzene rings is 1. The van der Waals surface area contributed by atoms with Crippen LogP contribution < -0.4 is 21.1 Å². The van der Waals surface area contributed by atoms with Crippen LogP contribution in [0.25, 0.3) is 0 Å². The minimum Gasteiger partial charge on any atom is -0.495 e. The summed E-state index contributed by atoms with van der Waals surface area (Å²) in [7, 11) is 1.53. The number of carbonyl (C=O) groups is 2. The highest BCUT2D eigenvalue weighted by Crippen LogP contribution is 2.22. The zero-order valence-corrected chi connectivity index (χ0v) is 12.0. The molecule has 0 heterocycles. The second-order valence-electron chi connectivity index (χ2n) is 4.48. The Bertz CT molecular complexity index is 489. The van der Waals surface area contributed by atoms with Crippen molar-refractivity contribution < 1.29 is 14.3 Å². The molecule has 4 N–H and O–H groups in total. The zero-order chi connectivity index (χ0) is 15.1. The van der Waals surface area contributed by atoms with Crippen LogP contribution in [-0.4, -0.2) is 37.9 Å². The van der Waals surface area contributed by atoms with Crippen molar-refractivity contribution in [3.05, 3.63) is 23.8 Å². The van der Waals surface area contributed by atoms with Crippen molar-refractivity contribution in [2.75, 3.05) is 25.9 Å². The van der Waals surface area contributed by atoms with Gasteiger partial charge in [0.05, 0.1) is 18.8 Å². The Morgan fingerprint density at radius 1 is 1.35 bits per heavy atom. The van der Waals surface area contributed by atoms with E-state index in [1.807, 2.05) is 0 Å². The number of hydrogen-bond acceptors (Lipinski definition) is 5. The van der Waals surface area contributed by atoms with Crippen molar-refractivity contribution in [2.24, 2.45) is 0 Å². The molecule has 1 unspecified atom stereocenters. The molecule has 1 aromatic carbocycles. The van der Waals surface area contributed by atoms with Gasteiger partial charge in [-0.15, -0.1) is 0 Å². The van der Waals surface area contributed by atoms with Gasteiger partial charge in [0.2, 0.25) is 5.91 Å². The first-order valence-electron chi connectivity index (χ1n) is 6.41. The van der Waals surface area contributed by atoms with Crippen LogP contribution in [0.3, 0.4) is 0 Å². The summed E-state index contributed by atoms with van der Waals surface area (Å²) < 4.78 is 5.05. The number of Topliss-reactive ketones (excluding diaryl/α,β-unsaturated/α-hetero) is 1. The van der Waals surface area contributed by atoms with Crippen molar-refractivity contribution in [2.45, 2.75) is 19.9 Å². The van der Waals surface area contributed by atoms with Gasteiger partial charge in [-0.3, -0.25) is 9.59 Å². The summed E-state index contributed by atoms with van der Waals surface area (Å²) in [5.74, 6) is 0.406. The lowest BCUT2D eigenvalue weighted by molar-refractivity contribution is -0.118. The van der Waals surface area contributed by atoms with Gasteiger partial charge < -0.3 is 21.1 Å². The highest BCUT2D eigenvalue weighted by atomic mass is 16.5. The number of hydrogen-bond donors (Lipinski definition) is 3. The molecule has 0 spiro atoms. The van der Waals surface area contributed by atoms with Crippen LogP contribution >= 0.6 is 0 Å². The molecule has 0 aliphatic heterocycles.